The molecule has 0 radical (unpaired) electrons. The van der Waals surface area contributed by atoms with Gasteiger partial charge in [0.05, 0.1) is 21.7 Å². The van der Waals surface area contributed by atoms with Gasteiger partial charge in [0.2, 0.25) is 11.8 Å². The topological polar surface area (TPSA) is 159 Å². The fourth-order valence-corrected chi connectivity index (χ4v) is 10.8. The molecule has 312 valence electrons. The summed E-state index contributed by atoms with van der Waals surface area (Å²) in [6.07, 6.45) is 0.0488. The third-order valence-electron chi connectivity index (χ3n) is 13.8. The molecule has 1 atom stereocenters. The number of piperidine rings is 1. The summed E-state index contributed by atoms with van der Waals surface area (Å²) in [5.74, 6) is -1.49. The van der Waals surface area contributed by atoms with E-state index in [1.807, 2.05) is 30.3 Å². The first-order valence-corrected chi connectivity index (χ1v) is 21.1. The zero-order chi connectivity index (χ0) is 42.2. The van der Waals surface area contributed by atoms with Crippen LogP contribution in [0.5, 0.6) is 5.75 Å². The second kappa shape index (κ2) is 14.9. The summed E-state index contributed by atoms with van der Waals surface area (Å²) in [5.41, 5.74) is 2.92. The molecule has 0 spiro atoms. The third kappa shape index (κ3) is 6.76. The third-order valence-corrected chi connectivity index (χ3v) is 14.1. The van der Waals surface area contributed by atoms with Gasteiger partial charge in [0.15, 0.2) is 0 Å². The smallest absolute Gasteiger partial charge is 0.262 e. The fourth-order valence-electron chi connectivity index (χ4n) is 10.5. The van der Waals surface area contributed by atoms with E-state index in [9.17, 15) is 29.2 Å². The lowest BCUT2D eigenvalue weighted by atomic mass is 9.49. The van der Waals surface area contributed by atoms with Crippen molar-refractivity contribution in [2.75, 3.05) is 62.2 Å². The van der Waals surface area contributed by atoms with Crippen molar-refractivity contribution >= 4 is 52.5 Å². The molecule has 14 nitrogen and oxygen atoms in total. The van der Waals surface area contributed by atoms with Crippen molar-refractivity contribution in [3.8, 4) is 11.8 Å². The predicted molar refractivity (Wildman–Crippen MR) is 224 cm³/mol. The lowest BCUT2D eigenvalue weighted by Gasteiger charge is -2.63. The molecule has 60 heavy (non-hydrogen) atoms. The maximum atomic E-state index is 13.5. The lowest BCUT2D eigenvalue weighted by Crippen LogP contribution is -2.74. The van der Waals surface area contributed by atoms with E-state index in [1.54, 1.807) is 30.3 Å². The molecule has 5 aliphatic heterocycles. The number of nitrogens with zero attached hydrogens (tertiary/aromatic N) is 6. The van der Waals surface area contributed by atoms with Crippen LogP contribution in [0.15, 0.2) is 60.7 Å². The minimum Gasteiger partial charge on any atom is -0.489 e. The van der Waals surface area contributed by atoms with E-state index < -0.39 is 29.7 Å². The van der Waals surface area contributed by atoms with Crippen molar-refractivity contribution in [3.63, 3.8) is 0 Å². The van der Waals surface area contributed by atoms with Gasteiger partial charge >= 0.3 is 0 Å². The predicted octanol–water partition coefficient (Wildman–Crippen LogP) is 3.92. The van der Waals surface area contributed by atoms with Crippen LogP contribution in [0.2, 0.25) is 5.02 Å². The van der Waals surface area contributed by atoms with Crippen LogP contribution >= 0.6 is 11.6 Å². The van der Waals surface area contributed by atoms with Crippen molar-refractivity contribution in [3.05, 3.63) is 87.9 Å². The molecule has 9 rings (SSSR count). The number of fused-ring (bicyclic) bond motifs is 1. The number of anilines is 2. The number of benzene rings is 3. The quantitative estimate of drug-likeness (QED) is 0.301. The molecule has 1 aliphatic carbocycles. The molecule has 5 fully saturated rings. The molecule has 15 heteroatoms. The fraction of sp³-hybridized carbons (Fsp3) is 0.467. The Morgan fingerprint density at radius 3 is 2.10 bits per heavy atom. The number of amides is 5. The first-order valence-electron chi connectivity index (χ1n) is 20.7. The number of hydrogen-bond acceptors (Lipinski definition) is 11. The number of carbonyl (C=O) groups is 5. The molecular weight excluding hydrogens is 784 g/mol. The van der Waals surface area contributed by atoms with E-state index >= 15 is 0 Å². The number of imide groups is 2. The number of nitriles is 1. The van der Waals surface area contributed by atoms with Crippen molar-refractivity contribution in [2.24, 2.45) is 10.8 Å². The van der Waals surface area contributed by atoms with Gasteiger partial charge in [0.25, 0.3) is 17.7 Å². The molecule has 4 saturated heterocycles. The zero-order valence-electron chi connectivity index (χ0n) is 34.2. The van der Waals surface area contributed by atoms with Crippen LogP contribution < -0.4 is 25.2 Å². The molecule has 5 heterocycles. The summed E-state index contributed by atoms with van der Waals surface area (Å²) in [4.78, 5) is 74.7. The van der Waals surface area contributed by atoms with E-state index in [-0.39, 0.29) is 41.7 Å². The maximum absolute atomic E-state index is 13.5. The molecule has 3 aromatic rings. The van der Waals surface area contributed by atoms with Crippen LogP contribution in [0.4, 0.5) is 11.4 Å². The van der Waals surface area contributed by atoms with Gasteiger partial charge in [-0.15, -0.1) is 0 Å². The molecule has 3 aromatic carbocycles. The Bertz CT molecular complexity index is 2310. The normalized spacial score (nSPS) is 25.5. The number of hydrogen-bond donors (Lipinski definition) is 2. The van der Waals surface area contributed by atoms with Gasteiger partial charge in [0.1, 0.15) is 24.0 Å². The Labute approximate surface area is 354 Å². The Morgan fingerprint density at radius 2 is 1.45 bits per heavy atom. The van der Waals surface area contributed by atoms with Crippen LogP contribution in [0.1, 0.15) is 77.2 Å². The van der Waals surface area contributed by atoms with E-state index in [1.165, 1.54) is 0 Å². The van der Waals surface area contributed by atoms with Crippen LogP contribution in [-0.2, 0) is 9.59 Å². The number of halogens is 1. The number of ether oxygens (including phenoxy) is 1. The zero-order valence-corrected chi connectivity index (χ0v) is 35.0. The van der Waals surface area contributed by atoms with E-state index in [2.05, 4.69) is 64.0 Å². The highest BCUT2D eigenvalue weighted by Crippen LogP contribution is 2.55. The molecule has 5 amide bonds. The van der Waals surface area contributed by atoms with Crippen molar-refractivity contribution in [2.45, 2.75) is 70.8 Å². The van der Waals surface area contributed by atoms with E-state index in [0.717, 1.165) is 68.6 Å². The van der Waals surface area contributed by atoms with E-state index in [4.69, 9.17) is 16.3 Å². The van der Waals surface area contributed by atoms with Crippen LogP contribution in [0.3, 0.4) is 0 Å². The van der Waals surface area contributed by atoms with Gasteiger partial charge in [0, 0.05) is 111 Å². The van der Waals surface area contributed by atoms with Gasteiger partial charge in [-0.05, 0) is 61.0 Å². The van der Waals surface area contributed by atoms with Crippen LogP contribution in [-0.4, -0.2) is 127 Å². The number of rotatable bonds is 9. The average molecular weight is 833 g/mol. The number of carbonyl (C=O) groups excluding carboxylic acids is 5. The SMILES string of the molecule is CC1(C)[C@H](NC(=O)c2ccc(N3CC(N4CC(N5CCN(c6ccc7c(c6)C(=O)N(C6CCC(=O)NC6=O)C7=O)CC5)C4)C3)cc2)C(C)(C)[C@H]1Oc1ccc(C#N)c(Cl)c1. The number of nitrogens with one attached hydrogen (secondary N) is 2. The van der Waals surface area contributed by atoms with Gasteiger partial charge in [-0.25, -0.2) is 0 Å². The number of likely N-dealkylation sites (tertiary alicyclic amines) is 1. The summed E-state index contributed by atoms with van der Waals surface area (Å²) in [7, 11) is 0. The van der Waals surface area contributed by atoms with Crippen molar-refractivity contribution in [1.82, 2.24) is 25.3 Å². The lowest BCUT2D eigenvalue weighted by molar-refractivity contribution is -0.164. The van der Waals surface area contributed by atoms with Crippen molar-refractivity contribution < 1.29 is 28.7 Å². The summed E-state index contributed by atoms with van der Waals surface area (Å²) in [6.45, 7) is 15.8. The minimum absolute atomic E-state index is 0.0915. The summed E-state index contributed by atoms with van der Waals surface area (Å²) in [5, 5.41) is 15.1. The first-order chi connectivity index (χ1) is 28.6. The van der Waals surface area contributed by atoms with Crippen molar-refractivity contribution in [1.29, 1.82) is 5.26 Å². The van der Waals surface area contributed by atoms with Gasteiger partial charge < -0.3 is 19.9 Å². The largest absolute Gasteiger partial charge is 0.489 e. The second-order valence-electron chi connectivity index (χ2n) is 18.2. The minimum atomic E-state index is -0.973. The Kier molecular flexibility index (Phi) is 9.92. The molecule has 0 bridgehead atoms. The van der Waals surface area contributed by atoms with Gasteiger partial charge in [-0.3, -0.25) is 44.0 Å². The maximum Gasteiger partial charge on any atom is 0.262 e. The first kappa shape index (κ1) is 39.9. The standard InChI is InChI=1S/C45H49ClN8O6/c1-44(2)42(45(3,4)43(44)60-32-11-7-27(21-47)35(46)20-32)49-38(56)26-5-8-28(9-6-26)52-24-31(25-52)53-22-30(23-53)51-17-15-50(16-18-51)29-10-12-33-34(19-29)41(59)54(40(33)58)36-13-14-37(55)48-39(36)57/h5-12,19-20,30-31,36,42-43H,13-18,22-25H2,1-4H3,(H,49,56)(H,48,55,57)/t36?,42-,43-. The number of piperazine rings is 1. The molecule has 2 N–H and O–H groups in total. The monoisotopic (exact) mass is 832 g/mol. The molecule has 1 saturated carbocycles. The highest BCUT2D eigenvalue weighted by molar-refractivity contribution is 6.31. The Hall–Kier alpha value is -5.49. The highest BCUT2D eigenvalue weighted by Gasteiger charge is 2.64. The summed E-state index contributed by atoms with van der Waals surface area (Å²) in [6, 6.07) is 20.3. The molecule has 1 unspecified atom stereocenters. The van der Waals surface area contributed by atoms with Crippen LogP contribution in [0, 0.1) is 22.2 Å². The molecular formula is C45H49ClN8O6. The molecule has 6 aliphatic rings. The van der Waals surface area contributed by atoms with Gasteiger partial charge in [-0.1, -0.05) is 39.3 Å². The second-order valence-corrected chi connectivity index (χ2v) is 18.6. The van der Waals surface area contributed by atoms with Crippen LogP contribution in [0.25, 0.3) is 0 Å². The highest BCUT2D eigenvalue weighted by atomic mass is 35.5. The average Bonchev–Trinajstić information content (AvgIpc) is 3.44. The Balaban J connectivity index is 0.716. The van der Waals surface area contributed by atoms with E-state index in [0.29, 0.717) is 45.1 Å². The summed E-state index contributed by atoms with van der Waals surface area (Å²) < 4.78 is 6.38. The summed E-state index contributed by atoms with van der Waals surface area (Å²) >= 11 is 6.25. The Morgan fingerprint density at radius 1 is 0.800 bits per heavy atom. The molecule has 0 aromatic heterocycles. The van der Waals surface area contributed by atoms with Gasteiger partial charge in [-0.2, -0.15) is 5.26 Å².